The first kappa shape index (κ1) is 15.6. The molecule has 0 radical (unpaired) electrons. The van der Waals surface area contributed by atoms with Crippen LogP contribution in [0.25, 0.3) is 0 Å². The van der Waals surface area contributed by atoms with Gasteiger partial charge in [-0.2, -0.15) is 0 Å². The van der Waals surface area contributed by atoms with Gasteiger partial charge in [0.15, 0.2) is 0 Å². The normalized spacial score (nSPS) is 11.2. The topological polar surface area (TPSA) is 59.5 Å². The van der Waals surface area contributed by atoms with Crippen molar-refractivity contribution in [2.75, 3.05) is 18.0 Å². The Morgan fingerprint density at radius 3 is 2.62 bits per heavy atom. The van der Waals surface area contributed by atoms with E-state index in [0.717, 1.165) is 0 Å². The van der Waals surface area contributed by atoms with Gasteiger partial charge in [0.2, 0.25) is 0 Å². The van der Waals surface area contributed by atoms with Crippen molar-refractivity contribution in [3.05, 3.63) is 47.7 Å². The minimum Gasteiger partial charge on any atom is -0.495 e. The van der Waals surface area contributed by atoms with Crippen LogP contribution in [-0.4, -0.2) is 27.1 Å². The van der Waals surface area contributed by atoms with Gasteiger partial charge in [-0.1, -0.05) is 23.7 Å². The summed E-state index contributed by atoms with van der Waals surface area (Å²) in [5.74, 6) is 0.302. The molecule has 7 heteroatoms. The van der Waals surface area contributed by atoms with E-state index in [0.29, 0.717) is 11.4 Å². The van der Waals surface area contributed by atoms with Crippen LogP contribution in [0.5, 0.6) is 5.75 Å². The third kappa shape index (κ3) is 3.11. The quantitative estimate of drug-likeness (QED) is 0.793. The molecule has 5 nitrogen and oxygen atoms in total. The molecule has 0 saturated heterocycles. The zero-order valence-electron chi connectivity index (χ0n) is 11.7. The molecule has 0 N–H and O–H groups in total. The van der Waals surface area contributed by atoms with Gasteiger partial charge in [0.05, 0.1) is 12.8 Å². The molecule has 0 saturated carbocycles. The molecule has 0 fully saturated rings. The summed E-state index contributed by atoms with van der Waals surface area (Å²) in [6.07, 6.45) is 1.47. The van der Waals surface area contributed by atoms with E-state index in [1.54, 1.807) is 31.2 Å². The molecule has 0 aliphatic heterocycles. The summed E-state index contributed by atoms with van der Waals surface area (Å²) in [5, 5.41) is 0.237. The zero-order chi connectivity index (χ0) is 15.5. The SMILES string of the molecule is CCN(c1ccnc(Cl)c1)S(=O)(=O)c1ccccc1OC. The molecular formula is C14H15ClN2O3S. The van der Waals surface area contributed by atoms with Gasteiger partial charge >= 0.3 is 0 Å². The maximum atomic E-state index is 12.8. The van der Waals surface area contributed by atoms with E-state index in [4.69, 9.17) is 16.3 Å². The van der Waals surface area contributed by atoms with E-state index in [-0.39, 0.29) is 16.6 Å². The van der Waals surface area contributed by atoms with E-state index in [1.807, 2.05) is 0 Å². The Morgan fingerprint density at radius 2 is 2.00 bits per heavy atom. The fourth-order valence-corrected chi connectivity index (χ4v) is 3.78. The number of para-hydroxylation sites is 1. The molecule has 0 aliphatic carbocycles. The highest BCUT2D eigenvalue weighted by atomic mass is 35.5. The fraction of sp³-hybridized carbons (Fsp3) is 0.214. The van der Waals surface area contributed by atoms with Gasteiger partial charge in [0.25, 0.3) is 10.0 Å². The second-order valence-corrected chi connectivity index (χ2v) is 6.38. The molecule has 0 amide bonds. The second-order valence-electron chi connectivity index (χ2n) is 4.16. The largest absolute Gasteiger partial charge is 0.495 e. The number of halogens is 1. The van der Waals surface area contributed by atoms with Crippen molar-refractivity contribution >= 4 is 27.3 Å². The third-order valence-electron chi connectivity index (χ3n) is 2.92. The number of anilines is 1. The van der Waals surface area contributed by atoms with Crippen LogP contribution in [-0.2, 0) is 10.0 Å². The number of methoxy groups -OCH3 is 1. The Labute approximate surface area is 129 Å². The minimum atomic E-state index is -3.74. The monoisotopic (exact) mass is 326 g/mol. The lowest BCUT2D eigenvalue weighted by Gasteiger charge is -2.23. The molecule has 21 heavy (non-hydrogen) atoms. The molecule has 112 valence electrons. The number of benzene rings is 1. The van der Waals surface area contributed by atoms with Gasteiger partial charge in [-0.3, -0.25) is 4.31 Å². The number of hydrogen-bond donors (Lipinski definition) is 0. The molecule has 2 aromatic rings. The fourth-order valence-electron chi connectivity index (χ4n) is 1.99. The van der Waals surface area contributed by atoms with Crippen LogP contribution in [0.3, 0.4) is 0 Å². The van der Waals surface area contributed by atoms with Crippen LogP contribution >= 0.6 is 11.6 Å². The predicted molar refractivity (Wildman–Crippen MR) is 82.4 cm³/mol. The van der Waals surface area contributed by atoms with Crippen molar-refractivity contribution in [2.24, 2.45) is 0 Å². The smallest absolute Gasteiger partial charge is 0.268 e. The lowest BCUT2D eigenvalue weighted by molar-refractivity contribution is 0.402. The Morgan fingerprint density at radius 1 is 1.29 bits per heavy atom. The molecule has 1 heterocycles. The first-order chi connectivity index (χ1) is 10.0. The minimum absolute atomic E-state index is 0.113. The number of ether oxygens (including phenoxy) is 1. The lowest BCUT2D eigenvalue weighted by atomic mass is 10.3. The summed E-state index contributed by atoms with van der Waals surface area (Å²) >= 11 is 5.84. The maximum absolute atomic E-state index is 12.8. The van der Waals surface area contributed by atoms with E-state index in [1.165, 1.54) is 29.7 Å². The van der Waals surface area contributed by atoms with Crippen molar-refractivity contribution in [3.63, 3.8) is 0 Å². The molecule has 0 spiro atoms. The van der Waals surface area contributed by atoms with Crippen molar-refractivity contribution < 1.29 is 13.2 Å². The van der Waals surface area contributed by atoms with Gasteiger partial charge in [-0.15, -0.1) is 0 Å². The van der Waals surface area contributed by atoms with Crippen LogP contribution in [0, 0.1) is 0 Å². The number of aromatic nitrogens is 1. The summed E-state index contributed by atoms with van der Waals surface area (Å²) in [4.78, 5) is 3.98. The average Bonchev–Trinajstić information content (AvgIpc) is 2.47. The molecule has 0 atom stereocenters. The summed E-state index contributed by atoms with van der Waals surface area (Å²) in [5.41, 5.74) is 0.461. The van der Waals surface area contributed by atoms with E-state index < -0.39 is 10.0 Å². The molecule has 0 bridgehead atoms. The highest BCUT2D eigenvalue weighted by Crippen LogP contribution is 2.30. The summed E-state index contributed by atoms with van der Waals surface area (Å²) in [7, 11) is -2.30. The number of rotatable bonds is 5. The predicted octanol–water partition coefficient (Wildman–Crippen LogP) is 2.96. The van der Waals surface area contributed by atoms with E-state index in [9.17, 15) is 8.42 Å². The Balaban J connectivity index is 2.55. The van der Waals surface area contributed by atoms with Crippen molar-refractivity contribution in [3.8, 4) is 5.75 Å². The Bertz CT molecular complexity index is 735. The first-order valence-electron chi connectivity index (χ1n) is 6.28. The van der Waals surface area contributed by atoms with Gasteiger partial charge in [-0.05, 0) is 31.2 Å². The maximum Gasteiger partial charge on any atom is 0.268 e. The van der Waals surface area contributed by atoms with E-state index in [2.05, 4.69) is 4.98 Å². The number of nitrogens with zero attached hydrogens (tertiary/aromatic N) is 2. The van der Waals surface area contributed by atoms with Crippen molar-refractivity contribution in [1.29, 1.82) is 0 Å². The van der Waals surface area contributed by atoms with Crippen molar-refractivity contribution in [2.45, 2.75) is 11.8 Å². The first-order valence-corrected chi connectivity index (χ1v) is 8.09. The Hall–Kier alpha value is -1.79. The summed E-state index contributed by atoms with van der Waals surface area (Å²) < 4.78 is 32.1. The average molecular weight is 327 g/mol. The standard InChI is InChI=1S/C14H15ClN2O3S/c1-3-17(11-8-9-16-14(15)10-11)21(18,19)13-7-5-4-6-12(13)20-2/h4-10H,3H2,1-2H3. The second kappa shape index (κ2) is 6.32. The van der Waals surface area contributed by atoms with Crippen molar-refractivity contribution in [1.82, 2.24) is 4.98 Å². The molecule has 1 aromatic carbocycles. The van der Waals surface area contributed by atoms with Gasteiger partial charge in [-0.25, -0.2) is 13.4 Å². The van der Waals surface area contributed by atoms with Crippen LogP contribution in [0.2, 0.25) is 5.15 Å². The molecule has 1 aromatic heterocycles. The number of sulfonamides is 1. The van der Waals surface area contributed by atoms with Gasteiger partial charge < -0.3 is 4.74 Å². The lowest BCUT2D eigenvalue weighted by Crippen LogP contribution is -2.31. The highest BCUT2D eigenvalue weighted by molar-refractivity contribution is 7.93. The number of pyridine rings is 1. The van der Waals surface area contributed by atoms with Gasteiger partial charge in [0, 0.05) is 12.7 Å². The summed E-state index contributed by atoms with van der Waals surface area (Å²) in [6.45, 7) is 2.02. The van der Waals surface area contributed by atoms with Crippen LogP contribution < -0.4 is 9.04 Å². The highest BCUT2D eigenvalue weighted by Gasteiger charge is 2.26. The molecule has 0 unspecified atom stereocenters. The number of hydrogen-bond acceptors (Lipinski definition) is 4. The van der Waals surface area contributed by atoms with Crippen LogP contribution in [0.4, 0.5) is 5.69 Å². The van der Waals surface area contributed by atoms with Crippen LogP contribution in [0.1, 0.15) is 6.92 Å². The van der Waals surface area contributed by atoms with Crippen LogP contribution in [0.15, 0.2) is 47.5 Å². The summed E-state index contributed by atoms with van der Waals surface area (Å²) in [6, 6.07) is 9.61. The van der Waals surface area contributed by atoms with Gasteiger partial charge in [0.1, 0.15) is 15.8 Å². The zero-order valence-corrected chi connectivity index (χ0v) is 13.2. The Kier molecular flexibility index (Phi) is 4.69. The van der Waals surface area contributed by atoms with E-state index >= 15 is 0 Å². The molecule has 2 rings (SSSR count). The molecular weight excluding hydrogens is 312 g/mol. The third-order valence-corrected chi connectivity index (χ3v) is 5.07. The molecule has 0 aliphatic rings.